The summed E-state index contributed by atoms with van der Waals surface area (Å²) in [5.74, 6) is 0. The minimum Gasteiger partial charge on any atom is -0.256 e. The van der Waals surface area contributed by atoms with E-state index in [0.717, 1.165) is 22.5 Å². The standard InChI is InChI=1S/C28H24N2S2/c1-21-3-7-23(8-4-21)19-29-25-11-15-27(16-12-25)31-32-28-17-13-26(14-18-28)30-20-24-9-5-22(2)6-10-24/h3-20H,1-2H3. The highest BCUT2D eigenvalue weighted by atomic mass is 33.1. The average Bonchev–Trinajstić information content (AvgIpc) is 2.83. The first-order chi connectivity index (χ1) is 15.6. The first-order valence-electron chi connectivity index (χ1n) is 10.4. The fraction of sp³-hybridized carbons (Fsp3) is 0.0714. The highest BCUT2D eigenvalue weighted by molar-refractivity contribution is 8.76. The van der Waals surface area contributed by atoms with Gasteiger partial charge in [-0.05, 0) is 73.5 Å². The Morgan fingerprint density at radius 1 is 0.469 bits per heavy atom. The second-order valence-corrected chi connectivity index (χ2v) is 9.77. The summed E-state index contributed by atoms with van der Waals surface area (Å²) in [6, 6.07) is 33.4. The maximum absolute atomic E-state index is 4.56. The van der Waals surface area contributed by atoms with Crippen LogP contribution in [0, 0.1) is 13.8 Å². The summed E-state index contributed by atoms with van der Waals surface area (Å²) < 4.78 is 0. The summed E-state index contributed by atoms with van der Waals surface area (Å²) in [6.45, 7) is 4.18. The maximum Gasteiger partial charge on any atom is 0.0630 e. The number of hydrogen-bond donors (Lipinski definition) is 0. The molecular formula is C28H24N2S2. The van der Waals surface area contributed by atoms with Gasteiger partial charge in [-0.25, -0.2) is 0 Å². The number of hydrogen-bond acceptors (Lipinski definition) is 4. The first kappa shape index (κ1) is 22.1. The zero-order valence-corrected chi connectivity index (χ0v) is 19.7. The Labute approximate surface area is 197 Å². The van der Waals surface area contributed by atoms with Crippen LogP contribution in [0.2, 0.25) is 0 Å². The van der Waals surface area contributed by atoms with Gasteiger partial charge in [-0.15, -0.1) is 0 Å². The van der Waals surface area contributed by atoms with Gasteiger partial charge in [0.1, 0.15) is 0 Å². The lowest BCUT2D eigenvalue weighted by Gasteiger charge is -2.03. The van der Waals surface area contributed by atoms with Crippen LogP contribution in [0.4, 0.5) is 11.4 Å². The van der Waals surface area contributed by atoms with Crippen LogP contribution in [-0.2, 0) is 0 Å². The van der Waals surface area contributed by atoms with E-state index < -0.39 is 0 Å². The second kappa shape index (κ2) is 11.0. The Balaban J connectivity index is 1.29. The topological polar surface area (TPSA) is 24.7 Å². The lowest BCUT2D eigenvalue weighted by molar-refractivity contribution is 1.42. The quantitative estimate of drug-likeness (QED) is 0.207. The van der Waals surface area contributed by atoms with E-state index in [-0.39, 0.29) is 0 Å². The highest BCUT2D eigenvalue weighted by Gasteiger charge is 1.99. The van der Waals surface area contributed by atoms with Crippen LogP contribution in [0.15, 0.2) is 117 Å². The van der Waals surface area contributed by atoms with Crippen LogP contribution >= 0.6 is 21.6 Å². The van der Waals surface area contributed by atoms with E-state index in [1.54, 1.807) is 21.6 Å². The van der Waals surface area contributed by atoms with Crippen LogP contribution in [0.25, 0.3) is 0 Å². The van der Waals surface area contributed by atoms with Crippen molar-refractivity contribution in [2.24, 2.45) is 9.98 Å². The number of aryl methyl sites for hydroxylation is 2. The zero-order chi connectivity index (χ0) is 22.2. The Morgan fingerprint density at radius 2 is 0.812 bits per heavy atom. The highest BCUT2D eigenvalue weighted by Crippen LogP contribution is 2.38. The molecule has 0 saturated carbocycles. The molecule has 0 aliphatic carbocycles. The van der Waals surface area contributed by atoms with Gasteiger partial charge in [0, 0.05) is 22.2 Å². The number of rotatable bonds is 7. The summed E-state index contributed by atoms with van der Waals surface area (Å²) >= 11 is 0. The van der Waals surface area contributed by atoms with Crippen molar-refractivity contribution in [3.05, 3.63) is 119 Å². The Kier molecular flexibility index (Phi) is 7.59. The van der Waals surface area contributed by atoms with Crippen molar-refractivity contribution >= 4 is 45.4 Å². The van der Waals surface area contributed by atoms with Crippen molar-refractivity contribution in [2.45, 2.75) is 23.6 Å². The molecule has 0 radical (unpaired) electrons. The third-order valence-electron chi connectivity index (χ3n) is 4.79. The summed E-state index contributed by atoms with van der Waals surface area (Å²) in [4.78, 5) is 11.5. The van der Waals surface area contributed by atoms with Gasteiger partial charge in [0.2, 0.25) is 0 Å². The molecule has 0 aliphatic heterocycles. The number of aliphatic imine (C=N–C) groups is 2. The molecule has 4 rings (SSSR count). The zero-order valence-electron chi connectivity index (χ0n) is 18.1. The second-order valence-electron chi connectivity index (χ2n) is 7.49. The molecule has 0 atom stereocenters. The Morgan fingerprint density at radius 3 is 1.16 bits per heavy atom. The van der Waals surface area contributed by atoms with Crippen LogP contribution in [0.5, 0.6) is 0 Å². The lowest BCUT2D eigenvalue weighted by Crippen LogP contribution is -1.80. The summed E-state index contributed by atoms with van der Waals surface area (Å²) in [6.07, 6.45) is 3.80. The van der Waals surface area contributed by atoms with Crippen LogP contribution < -0.4 is 0 Å². The molecule has 0 N–H and O–H groups in total. The molecule has 0 aliphatic rings. The van der Waals surface area contributed by atoms with E-state index in [0.29, 0.717) is 0 Å². The molecule has 0 bridgehead atoms. The third-order valence-corrected chi connectivity index (χ3v) is 7.20. The first-order valence-corrected chi connectivity index (χ1v) is 12.6. The van der Waals surface area contributed by atoms with Gasteiger partial charge < -0.3 is 0 Å². The molecule has 32 heavy (non-hydrogen) atoms. The lowest BCUT2D eigenvalue weighted by atomic mass is 10.2. The maximum atomic E-state index is 4.56. The van der Waals surface area contributed by atoms with E-state index in [2.05, 4.69) is 121 Å². The van der Waals surface area contributed by atoms with E-state index in [9.17, 15) is 0 Å². The molecule has 0 aromatic heterocycles. The van der Waals surface area contributed by atoms with Crippen molar-refractivity contribution in [2.75, 3.05) is 0 Å². The van der Waals surface area contributed by atoms with Gasteiger partial charge in [0.05, 0.1) is 11.4 Å². The average molecular weight is 453 g/mol. The van der Waals surface area contributed by atoms with E-state index in [1.165, 1.54) is 20.9 Å². The normalized spacial score (nSPS) is 11.4. The summed E-state index contributed by atoms with van der Waals surface area (Å²) in [5, 5.41) is 0. The molecule has 0 unspecified atom stereocenters. The SMILES string of the molecule is Cc1ccc(C=Nc2ccc(SSc3ccc(N=Cc4ccc(C)cc4)cc3)cc2)cc1. The Bertz CT molecular complexity index is 1090. The predicted octanol–water partition coefficient (Wildman–Crippen LogP) is 8.60. The molecule has 0 fully saturated rings. The van der Waals surface area contributed by atoms with E-state index in [4.69, 9.17) is 0 Å². The van der Waals surface area contributed by atoms with E-state index in [1.807, 2.05) is 12.4 Å². The van der Waals surface area contributed by atoms with Crippen molar-refractivity contribution in [3.8, 4) is 0 Å². The molecule has 2 nitrogen and oxygen atoms in total. The van der Waals surface area contributed by atoms with Gasteiger partial charge in [-0.2, -0.15) is 0 Å². The molecule has 0 heterocycles. The van der Waals surface area contributed by atoms with Crippen LogP contribution in [-0.4, -0.2) is 12.4 Å². The minimum absolute atomic E-state index is 0.954. The van der Waals surface area contributed by atoms with Gasteiger partial charge in [-0.3, -0.25) is 9.98 Å². The number of nitrogens with zero attached hydrogens (tertiary/aromatic N) is 2. The molecule has 4 heteroatoms. The van der Waals surface area contributed by atoms with Gasteiger partial charge in [0.25, 0.3) is 0 Å². The molecular weight excluding hydrogens is 428 g/mol. The summed E-state index contributed by atoms with van der Waals surface area (Å²) in [5.41, 5.74) is 6.63. The molecule has 0 spiro atoms. The third kappa shape index (κ3) is 6.71. The fourth-order valence-electron chi connectivity index (χ4n) is 2.87. The van der Waals surface area contributed by atoms with Gasteiger partial charge >= 0.3 is 0 Å². The molecule has 158 valence electrons. The van der Waals surface area contributed by atoms with Crippen molar-refractivity contribution < 1.29 is 0 Å². The van der Waals surface area contributed by atoms with Gasteiger partial charge in [-0.1, -0.05) is 81.2 Å². The Hall–Kier alpha value is -3.08. The molecule has 0 saturated heterocycles. The predicted molar refractivity (Wildman–Crippen MR) is 141 cm³/mol. The summed E-state index contributed by atoms with van der Waals surface area (Å²) in [7, 11) is 3.48. The van der Waals surface area contributed by atoms with Gasteiger partial charge in [0.15, 0.2) is 0 Å². The van der Waals surface area contributed by atoms with Crippen LogP contribution in [0.1, 0.15) is 22.3 Å². The monoisotopic (exact) mass is 452 g/mol. The number of benzene rings is 4. The molecule has 4 aromatic rings. The molecule has 4 aromatic carbocycles. The van der Waals surface area contributed by atoms with Crippen molar-refractivity contribution in [3.63, 3.8) is 0 Å². The molecule has 0 amide bonds. The van der Waals surface area contributed by atoms with Crippen LogP contribution in [0.3, 0.4) is 0 Å². The largest absolute Gasteiger partial charge is 0.256 e. The smallest absolute Gasteiger partial charge is 0.0630 e. The fourth-order valence-corrected chi connectivity index (χ4v) is 4.81. The minimum atomic E-state index is 0.954. The van der Waals surface area contributed by atoms with Crippen molar-refractivity contribution in [1.29, 1.82) is 0 Å². The van der Waals surface area contributed by atoms with Crippen molar-refractivity contribution in [1.82, 2.24) is 0 Å². The van der Waals surface area contributed by atoms with E-state index >= 15 is 0 Å².